The molecule has 3 nitrogen and oxygen atoms in total. The Morgan fingerprint density at radius 2 is 2.25 bits per heavy atom. The molecule has 0 saturated heterocycles. The van der Waals surface area contributed by atoms with Gasteiger partial charge in [-0.2, -0.15) is 0 Å². The Morgan fingerprint density at radius 1 is 1.50 bits per heavy atom. The average Bonchev–Trinajstić information content (AvgIpc) is 2.26. The first kappa shape index (κ1) is 12.7. The van der Waals surface area contributed by atoms with Gasteiger partial charge in [0.15, 0.2) is 0 Å². The van der Waals surface area contributed by atoms with Crippen LogP contribution in [0.5, 0.6) is 5.75 Å². The van der Waals surface area contributed by atoms with E-state index in [-0.39, 0.29) is 11.7 Å². The van der Waals surface area contributed by atoms with Crippen molar-refractivity contribution in [2.45, 2.75) is 6.43 Å². The van der Waals surface area contributed by atoms with Crippen molar-refractivity contribution in [1.29, 1.82) is 0 Å². The van der Waals surface area contributed by atoms with Crippen molar-refractivity contribution in [1.82, 2.24) is 0 Å². The van der Waals surface area contributed by atoms with Gasteiger partial charge in [0.25, 0.3) is 6.43 Å². The molecule has 0 bridgehead atoms. The average molecular weight is 249 g/mol. The molecule has 88 valence electrons. The van der Waals surface area contributed by atoms with Crippen LogP contribution in [0.2, 0.25) is 0 Å². The summed E-state index contributed by atoms with van der Waals surface area (Å²) in [5.41, 5.74) is 5.95. The molecular formula is C10H11ClF2N2O. The Balaban J connectivity index is 2.71. The van der Waals surface area contributed by atoms with Crippen LogP contribution in [0.15, 0.2) is 29.3 Å². The van der Waals surface area contributed by atoms with E-state index in [0.717, 1.165) is 0 Å². The summed E-state index contributed by atoms with van der Waals surface area (Å²) >= 11 is 5.46. The highest BCUT2D eigenvalue weighted by Crippen LogP contribution is 2.20. The monoisotopic (exact) mass is 248 g/mol. The van der Waals surface area contributed by atoms with Crippen molar-refractivity contribution in [3.8, 4) is 5.75 Å². The first-order chi connectivity index (χ1) is 7.61. The maximum absolute atomic E-state index is 11.9. The molecule has 1 aromatic carbocycles. The molecule has 0 spiro atoms. The van der Waals surface area contributed by atoms with E-state index >= 15 is 0 Å². The van der Waals surface area contributed by atoms with Gasteiger partial charge < -0.3 is 10.5 Å². The third kappa shape index (κ3) is 4.44. The lowest BCUT2D eigenvalue weighted by molar-refractivity contribution is 0.0819. The second-order valence-corrected chi connectivity index (χ2v) is 3.20. The molecule has 0 aliphatic carbocycles. The highest BCUT2D eigenvalue weighted by molar-refractivity contribution is 6.28. The van der Waals surface area contributed by atoms with Crippen molar-refractivity contribution < 1.29 is 13.5 Å². The van der Waals surface area contributed by atoms with Crippen molar-refractivity contribution in [2.75, 3.05) is 12.5 Å². The van der Waals surface area contributed by atoms with Gasteiger partial charge in [-0.15, -0.1) is 11.6 Å². The molecule has 16 heavy (non-hydrogen) atoms. The molecule has 0 saturated carbocycles. The summed E-state index contributed by atoms with van der Waals surface area (Å²) in [6.45, 7) is -0.641. The summed E-state index contributed by atoms with van der Waals surface area (Å²) in [5.74, 6) is 0.693. The lowest BCUT2D eigenvalue weighted by Crippen LogP contribution is -2.12. The summed E-state index contributed by atoms with van der Waals surface area (Å²) in [5, 5.41) is 0. The van der Waals surface area contributed by atoms with Gasteiger partial charge in [-0.1, -0.05) is 6.07 Å². The number of nitrogens with zero attached hydrogens (tertiary/aromatic N) is 1. The van der Waals surface area contributed by atoms with Crippen molar-refractivity contribution in [3.05, 3.63) is 24.3 Å². The zero-order valence-electron chi connectivity index (χ0n) is 8.37. The van der Waals surface area contributed by atoms with Gasteiger partial charge in [-0.05, 0) is 12.1 Å². The Morgan fingerprint density at radius 3 is 2.88 bits per heavy atom. The van der Waals surface area contributed by atoms with Gasteiger partial charge in [-0.25, -0.2) is 13.8 Å². The molecule has 2 N–H and O–H groups in total. The SMILES string of the molecule is NC(CCl)=Nc1cccc(OCC(F)F)c1. The predicted molar refractivity (Wildman–Crippen MR) is 59.9 cm³/mol. The van der Waals surface area contributed by atoms with Crippen molar-refractivity contribution in [3.63, 3.8) is 0 Å². The molecule has 0 amide bonds. The van der Waals surface area contributed by atoms with E-state index in [1.165, 1.54) is 6.07 Å². The van der Waals surface area contributed by atoms with Gasteiger partial charge in [0.1, 0.15) is 18.2 Å². The zero-order chi connectivity index (χ0) is 12.0. The Kier molecular flexibility index (Phi) is 4.98. The summed E-state index contributed by atoms with van der Waals surface area (Å²) in [6.07, 6.45) is -2.50. The second-order valence-electron chi connectivity index (χ2n) is 2.94. The lowest BCUT2D eigenvalue weighted by atomic mass is 10.3. The minimum Gasteiger partial charge on any atom is -0.488 e. The minimum absolute atomic E-state index is 0.113. The van der Waals surface area contributed by atoms with Crippen molar-refractivity contribution >= 4 is 23.1 Å². The number of alkyl halides is 3. The van der Waals surface area contributed by atoms with Crippen molar-refractivity contribution in [2.24, 2.45) is 10.7 Å². The second kappa shape index (κ2) is 6.27. The van der Waals surface area contributed by atoms with Gasteiger partial charge in [0, 0.05) is 6.07 Å². The number of ether oxygens (including phenoxy) is 1. The van der Waals surface area contributed by atoms with Crippen LogP contribution in [0.25, 0.3) is 0 Å². The van der Waals surface area contributed by atoms with E-state index in [4.69, 9.17) is 22.1 Å². The first-order valence-electron chi connectivity index (χ1n) is 4.52. The Hall–Kier alpha value is -1.36. The fourth-order valence-corrected chi connectivity index (χ4v) is 1.06. The van der Waals surface area contributed by atoms with Crippen LogP contribution in [0, 0.1) is 0 Å². The van der Waals surface area contributed by atoms with Gasteiger partial charge in [-0.3, -0.25) is 0 Å². The van der Waals surface area contributed by atoms with Crippen LogP contribution in [-0.2, 0) is 0 Å². The molecule has 1 aromatic rings. The molecular weight excluding hydrogens is 238 g/mol. The fraction of sp³-hybridized carbons (Fsp3) is 0.300. The smallest absolute Gasteiger partial charge is 0.272 e. The van der Waals surface area contributed by atoms with Crippen LogP contribution < -0.4 is 10.5 Å². The molecule has 0 aliphatic heterocycles. The van der Waals surface area contributed by atoms with Gasteiger partial charge in [0.05, 0.1) is 11.6 Å². The zero-order valence-corrected chi connectivity index (χ0v) is 9.12. The molecule has 0 fully saturated rings. The van der Waals surface area contributed by atoms with E-state index in [2.05, 4.69) is 4.99 Å². The van der Waals surface area contributed by atoms with E-state index in [1.807, 2.05) is 0 Å². The lowest BCUT2D eigenvalue weighted by Gasteiger charge is -2.05. The Bertz CT molecular complexity index is 372. The third-order valence-electron chi connectivity index (χ3n) is 1.60. The molecule has 0 unspecified atom stereocenters. The van der Waals surface area contributed by atoms with Crippen LogP contribution in [0.1, 0.15) is 0 Å². The minimum atomic E-state index is -2.50. The normalized spacial score (nSPS) is 11.9. The van der Waals surface area contributed by atoms with Crippen LogP contribution in [0.3, 0.4) is 0 Å². The summed E-state index contributed by atoms with van der Waals surface area (Å²) in [4.78, 5) is 3.96. The maximum atomic E-state index is 11.9. The number of amidine groups is 1. The van der Waals surface area contributed by atoms with E-state index in [1.54, 1.807) is 18.2 Å². The number of halogens is 3. The van der Waals surface area contributed by atoms with Gasteiger partial charge in [0.2, 0.25) is 0 Å². The maximum Gasteiger partial charge on any atom is 0.272 e. The fourth-order valence-electron chi connectivity index (χ4n) is 0.998. The first-order valence-corrected chi connectivity index (χ1v) is 5.05. The quantitative estimate of drug-likeness (QED) is 0.495. The summed E-state index contributed by atoms with van der Waals surface area (Å²) < 4.78 is 28.6. The molecule has 0 atom stereocenters. The molecule has 0 radical (unpaired) electrons. The van der Waals surface area contributed by atoms with Crippen LogP contribution in [-0.4, -0.2) is 24.7 Å². The molecule has 0 heterocycles. The molecule has 0 aromatic heterocycles. The van der Waals surface area contributed by atoms with Crippen LogP contribution >= 0.6 is 11.6 Å². The van der Waals surface area contributed by atoms with E-state index < -0.39 is 13.0 Å². The molecule has 1 rings (SSSR count). The van der Waals surface area contributed by atoms with E-state index in [9.17, 15) is 8.78 Å². The number of rotatable bonds is 5. The number of benzene rings is 1. The largest absolute Gasteiger partial charge is 0.488 e. The van der Waals surface area contributed by atoms with E-state index in [0.29, 0.717) is 11.4 Å². The number of nitrogens with two attached hydrogens (primary N) is 1. The molecule has 6 heteroatoms. The Labute approximate surface area is 96.9 Å². The topological polar surface area (TPSA) is 47.6 Å². The summed E-state index contributed by atoms with van der Waals surface area (Å²) in [6, 6.07) is 6.40. The standard InChI is InChI=1S/C10H11ClF2N2O/c11-5-10(14)15-7-2-1-3-8(4-7)16-6-9(12)13/h1-4,9H,5-6H2,(H2,14,15). The molecule has 0 aliphatic rings. The number of hydrogen-bond acceptors (Lipinski definition) is 2. The number of aliphatic imine (C=N–C) groups is 1. The third-order valence-corrected chi connectivity index (χ3v) is 1.88. The number of hydrogen-bond donors (Lipinski definition) is 1. The van der Waals surface area contributed by atoms with Gasteiger partial charge >= 0.3 is 0 Å². The predicted octanol–water partition coefficient (Wildman–Crippen LogP) is 2.56. The summed E-state index contributed by atoms with van der Waals surface area (Å²) in [7, 11) is 0. The highest BCUT2D eigenvalue weighted by atomic mass is 35.5. The highest BCUT2D eigenvalue weighted by Gasteiger charge is 2.03. The van der Waals surface area contributed by atoms with Crippen LogP contribution in [0.4, 0.5) is 14.5 Å².